The molecule has 0 atom stereocenters. The number of anilines is 4. The zero-order valence-corrected chi connectivity index (χ0v) is 23.2. The van der Waals surface area contributed by atoms with Crippen LogP contribution in [0.1, 0.15) is 35.6 Å². The molecule has 0 unspecified atom stereocenters. The van der Waals surface area contributed by atoms with Gasteiger partial charge in [-0.1, -0.05) is 0 Å². The van der Waals surface area contributed by atoms with Gasteiger partial charge >= 0.3 is 0 Å². The van der Waals surface area contributed by atoms with Gasteiger partial charge in [0.2, 0.25) is 5.75 Å². The van der Waals surface area contributed by atoms with E-state index >= 15 is 0 Å². The third-order valence-corrected chi connectivity index (χ3v) is 7.03. The topological polar surface area (TPSA) is 112 Å². The zero-order valence-electron chi connectivity index (χ0n) is 23.2. The summed E-state index contributed by atoms with van der Waals surface area (Å²) in [6.07, 6.45) is 8.59. The Bertz CT molecular complexity index is 1640. The fraction of sp³-hybridized carbons (Fsp3) is 0.233. The van der Waals surface area contributed by atoms with E-state index in [1.807, 2.05) is 6.92 Å². The number of pyridine rings is 2. The lowest BCUT2D eigenvalue weighted by Crippen LogP contribution is -2.10. The van der Waals surface area contributed by atoms with E-state index < -0.39 is 11.6 Å². The van der Waals surface area contributed by atoms with E-state index in [4.69, 9.17) is 24.5 Å². The Morgan fingerprint density at radius 1 is 0.857 bits per heavy atom. The molecule has 0 saturated heterocycles. The van der Waals surface area contributed by atoms with E-state index in [1.54, 1.807) is 53.7 Å². The first-order chi connectivity index (χ1) is 20.4. The number of aromatic nitrogens is 6. The number of nitrogens with one attached hydrogen (secondary N) is 2. The van der Waals surface area contributed by atoms with Crippen molar-refractivity contribution in [2.45, 2.75) is 32.2 Å². The molecule has 12 heteroatoms. The molecule has 6 rings (SSSR count). The molecule has 1 aliphatic carbocycles. The maximum absolute atomic E-state index is 14.9. The van der Waals surface area contributed by atoms with E-state index in [1.165, 1.54) is 26.4 Å². The van der Waals surface area contributed by atoms with Crippen LogP contribution in [-0.2, 0) is 6.54 Å². The third-order valence-electron chi connectivity index (χ3n) is 7.03. The molecule has 42 heavy (non-hydrogen) atoms. The lowest BCUT2D eigenvalue weighted by atomic mass is 10.1. The van der Waals surface area contributed by atoms with Gasteiger partial charge in [-0.3, -0.25) is 14.6 Å². The van der Waals surface area contributed by atoms with Gasteiger partial charge in [0.05, 0.1) is 20.8 Å². The summed E-state index contributed by atoms with van der Waals surface area (Å²) in [6, 6.07) is 9.57. The molecule has 1 aliphatic rings. The van der Waals surface area contributed by atoms with Gasteiger partial charge in [-0.15, -0.1) is 0 Å². The van der Waals surface area contributed by atoms with Crippen molar-refractivity contribution >= 4 is 23.0 Å². The van der Waals surface area contributed by atoms with Crippen LogP contribution in [0.15, 0.2) is 61.2 Å². The van der Waals surface area contributed by atoms with Gasteiger partial charge in [0.1, 0.15) is 23.1 Å². The Morgan fingerprint density at radius 2 is 1.40 bits per heavy atom. The van der Waals surface area contributed by atoms with E-state index in [0.717, 1.165) is 35.5 Å². The molecule has 4 aromatic heterocycles. The SMILES string of the molecule is COc1cc(F)c(Cn2nc(-c3nc(Nc4ccncc4)c(OC)c(Nc4ccncc4)n3)c(C)c2C2CC2)c(F)c1. The maximum atomic E-state index is 14.9. The second-order valence-electron chi connectivity index (χ2n) is 9.86. The Morgan fingerprint density at radius 3 is 1.88 bits per heavy atom. The number of methoxy groups -OCH3 is 2. The standard InChI is InChI=1S/C30H28F2N8O2/c1-17-25(39-40(26(17)18-4-5-18)16-22-23(31)14-21(41-2)15-24(22)32)28-37-29(35-19-6-10-33-11-7-19)27(42-3)30(38-28)36-20-8-12-34-13-9-20/h6-15,18H,4-5,16H2,1-3H3,(H2,33,34,35,36,37,38). The normalized spacial score (nSPS) is 12.7. The summed E-state index contributed by atoms with van der Waals surface area (Å²) in [6.45, 7) is 1.85. The lowest BCUT2D eigenvalue weighted by Gasteiger charge is -2.16. The third kappa shape index (κ3) is 5.42. The molecule has 0 radical (unpaired) electrons. The van der Waals surface area contributed by atoms with Gasteiger partial charge in [0, 0.05) is 71.0 Å². The second-order valence-corrected chi connectivity index (χ2v) is 9.86. The molecule has 214 valence electrons. The number of halogens is 2. The molecule has 0 bridgehead atoms. The Labute approximate surface area is 240 Å². The van der Waals surface area contributed by atoms with Crippen molar-refractivity contribution in [2.24, 2.45) is 0 Å². The van der Waals surface area contributed by atoms with Gasteiger partial charge in [0.25, 0.3) is 0 Å². The number of hydrogen-bond donors (Lipinski definition) is 2. The largest absolute Gasteiger partial charge is 0.497 e. The predicted molar refractivity (Wildman–Crippen MR) is 154 cm³/mol. The summed E-state index contributed by atoms with van der Waals surface area (Å²) in [5.74, 6) is 0.459. The summed E-state index contributed by atoms with van der Waals surface area (Å²) >= 11 is 0. The first kappa shape index (κ1) is 27.1. The first-order valence-electron chi connectivity index (χ1n) is 13.3. The average molecular weight is 571 g/mol. The summed E-state index contributed by atoms with van der Waals surface area (Å²) < 4.78 is 42.3. The summed E-state index contributed by atoms with van der Waals surface area (Å²) in [5, 5.41) is 11.4. The molecule has 4 heterocycles. The van der Waals surface area contributed by atoms with Crippen LogP contribution in [0.2, 0.25) is 0 Å². The minimum Gasteiger partial charge on any atom is -0.497 e. The molecule has 1 fully saturated rings. The van der Waals surface area contributed by atoms with E-state index in [2.05, 4.69) is 20.6 Å². The fourth-order valence-corrected chi connectivity index (χ4v) is 4.83. The van der Waals surface area contributed by atoms with Crippen LogP contribution in [0.3, 0.4) is 0 Å². The Hall–Kier alpha value is -5.13. The molecule has 0 spiro atoms. The number of ether oxygens (including phenoxy) is 2. The second kappa shape index (κ2) is 11.4. The van der Waals surface area contributed by atoms with E-state index in [-0.39, 0.29) is 23.8 Å². The van der Waals surface area contributed by atoms with Crippen molar-refractivity contribution in [3.8, 4) is 23.0 Å². The van der Waals surface area contributed by atoms with Crippen molar-refractivity contribution in [3.05, 3.63) is 89.6 Å². The highest BCUT2D eigenvalue weighted by Crippen LogP contribution is 2.44. The van der Waals surface area contributed by atoms with Crippen LogP contribution >= 0.6 is 0 Å². The van der Waals surface area contributed by atoms with Gasteiger partial charge < -0.3 is 20.1 Å². The van der Waals surface area contributed by atoms with Crippen molar-refractivity contribution in [3.63, 3.8) is 0 Å². The number of rotatable bonds is 10. The van der Waals surface area contributed by atoms with Crippen LogP contribution in [-0.4, -0.2) is 43.9 Å². The molecular formula is C30H28F2N8O2. The van der Waals surface area contributed by atoms with Gasteiger partial charge in [-0.2, -0.15) is 5.10 Å². The van der Waals surface area contributed by atoms with Crippen LogP contribution < -0.4 is 20.1 Å². The van der Waals surface area contributed by atoms with Crippen LogP contribution in [0.4, 0.5) is 31.8 Å². The number of hydrogen-bond acceptors (Lipinski definition) is 9. The molecule has 10 nitrogen and oxygen atoms in total. The van der Waals surface area contributed by atoms with Crippen molar-refractivity contribution < 1.29 is 18.3 Å². The van der Waals surface area contributed by atoms with Crippen LogP contribution in [0, 0.1) is 18.6 Å². The number of benzene rings is 1. The van der Waals surface area contributed by atoms with Gasteiger partial charge in [0.15, 0.2) is 17.5 Å². The molecular weight excluding hydrogens is 542 g/mol. The maximum Gasteiger partial charge on any atom is 0.204 e. The van der Waals surface area contributed by atoms with Crippen molar-refractivity contribution in [1.82, 2.24) is 29.7 Å². The van der Waals surface area contributed by atoms with Crippen LogP contribution in [0.5, 0.6) is 11.5 Å². The Kier molecular flexibility index (Phi) is 7.34. The average Bonchev–Trinajstić information content (AvgIpc) is 3.78. The molecule has 1 aromatic carbocycles. The summed E-state index contributed by atoms with van der Waals surface area (Å²) in [5.41, 5.74) is 3.66. The highest BCUT2D eigenvalue weighted by Gasteiger charge is 2.33. The quantitative estimate of drug-likeness (QED) is 0.204. The fourth-order valence-electron chi connectivity index (χ4n) is 4.83. The van der Waals surface area contributed by atoms with E-state index in [0.29, 0.717) is 28.9 Å². The number of nitrogens with zero attached hydrogens (tertiary/aromatic N) is 6. The lowest BCUT2D eigenvalue weighted by molar-refractivity contribution is 0.404. The van der Waals surface area contributed by atoms with Crippen molar-refractivity contribution in [2.75, 3.05) is 24.9 Å². The van der Waals surface area contributed by atoms with Crippen LogP contribution in [0.25, 0.3) is 11.5 Å². The minimum absolute atomic E-state index is 0.0886. The monoisotopic (exact) mass is 570 g/mol. The molecule has 5 aromatic rings. The highest BCUT2D eigenvalue weighted by atomic mass is 19.1. The molecule has 2 N–H and O–H groups in total. The summed E-state index contributed by atoms with van der Waals surface area (Å²) in [7, 11) is 2.91. The summed E-state index contributed by atoms with van der Waals surface area (Å²) in [4.78, 5) is 17.8. The van der Waals surface area contributed by atoms with E-state index in [9.17, 15) is 8.78 Å². The highest BCUT2D eigenvalue weighted by molar-refractivity contribution is 5.76. The molecule has 1 saturated carbocycles. The van der Waals surface area contributed by atoms with Gasteiger partial charge in [-0.05, 0) is 44.0 Å². The Balaban J connectivity index is 1.47. The predicted octanol–water partition coefficient (Wildman–Crippen LogP) is 6.15. The minimum atomic E-state index is -0.698. The molecule has 0 aliphatic heterocycles. The molecule has 0 amide bonds. The first-order valence-corrected chi connectivity index (χ1v) is 13.3. The zero-order chi connectivity index (χ0) is 29.2. The van der Waals surface area contributed by atoms with Gasteiger partial charge in [-0.25, -0.2) is 18.7 Å². The van der Waals surface area contributed by atoms with Crippen molar-refractivity contribution in [1.29, 1.82) is 0 Å². The smallest absolute Gasteiger partial charge is 0.204 e.